The minimum atomic E-state index is -3.61. The minimum absolute atomic E-state index is 0.0725. The molecule has 1 aromatic rings. The monoisotopic (exact) mass is 271 g/mol. The van der Waals surface area contributed by atoms with Crippen LogP contribution in [0.4, 0.5) is 0 Å². The van der Waals surface area contributed by atoms with E-state index in [4.69, 9.17) is 5.11 Å². The quantitative estimate of drug-likeness (QED) is 0.899. The molecule has 0 aliphatic rings. The summed E-state index contributed by atoms with van der Waals surface area (Å²) in [6, 6.07) is 3.14. The zero-order chi connectivity index (χ0) is 14.0. The number of nitrogens with zero attached hydrogens (tertiary/aromatic N) is 1. The lowest BCUT2D eigenvalue weighted by Gasteiger charge is -2.18. The van der Waals surface area contributed by atoms with Crippen LogP contribution in [0.2, 0.25) is 0 Å². The summed E-state index contributed by atoms with van der Waals surface area (Å²) in [6.45, 7) is 6.01. The molecule has 0 radical (unpaired) electrons. The van der Waals surface area contributed by atoms with E-state index in [-0.39, 0.29) is 10.4 Å². The van der Waals surface area contributed by atoms with Gasteiger partial charge in [0.2, 0.25) is 0 Å². The van der Waals surface area contributed by atoms with Crippen molar-refractivity contribution in [3.8, 4) is 0 Å². The van der Waals surface area contributed by atoms with Gasteiger partial charge in [0.1, 0.15) is 0 Å². The standard InChI is InChI=1S/C12H17NO4S/c1-12(2,3)9-4-5-10(13-8-9)18(16,17)7-6-11(14)15/h4-5,8H,6-7H2,1-3H3,(H,14,15). The molecule has 6 heteroatoms. The van der Waals surface area contributed by atoms with Crippen molar-refractivity contribution < 1.29 is 18.3 Å². The number of hydrogen-bond donors (Lipinski definition) is 1. The van der Waals surface area contributed by atoms with Gasteiger partial charge < -0.3 is 5.11 Å². The summed E-state index contributed by atoms with van der Waals surface area (Å²) in [5, 5.41) is 8.42. The number of rotatable bonds is 4. The lowest BCUT2D eigenvalue weighted by atomic mass is 9.88. The molecule has 0 fully saturated rings. The molecule has 0 saturated carbocycles. The van der Waals surface area contributed by atoms with Crippen LogP contribution in [0.15, 0.2) is 23.4 Å². The van der Waals surface area contributed by atoms with Gasteiger partial charge in [0, 0.05) is 6.20 Å². The van der Waals surface area contributed by atoms with Gasteiger partial charge in [0.15, 0.2) is 14.9 Å². The molecule has 0 aliphatic heterocycles. The molecular weight excluding hydrogens is 254 g/mol. The fourth-order valence-corrected chi connectivity index (χ4v) is 2.48. The van der Waals surface area contributed by atoms with Crippen LogP contribution in [0, 0.1) is 0 Å². The minimum Gasteiger partial charge on any atom is -0.481 e. The average Bonchev–Trinajstić information content (AvgIpc) is 2.26. The van der Waals surface area contributed by atoms with E-state index in [0.717, 1.165) is 5.56 Å². The third-order valence-electron chi connectivity index (χ3n) is 2.51. The molecule has 5 nitrogen and oxygen atoms in total. The van der Waals surface area contributed by atoms with Crippen molar-refractivity contribution in [2.45, 2.75) is 37.6 Å². The number of carbonyl (C=O) groups is 1. The van der Waals surface area contributed by atoms with Gasteiger partial charge in [0.25, 0.3) is 0 Å². The Kier molecular flexibility index (Phi) is 4.11. The SMILES string of the molecule is CC(C)(C)c1ccc(S(=O)(=O)CCC(=O)O)nc1. The Balaban J connectivity index is 2.95. The second-order valence-electron chi connectivity index (χ2n) is 5.10. The van der Waals surface area contributed by atoms with Crippen molar-refractivity contribution in [3.05, 3.63) is 23.9 Å². The van der Waals surface area contributed by atoms with Crippen molar-refractivity contribution in [1.29, 1.82) is 0 Å². The molecule has 1 heterocycles. The highest BCUT2D eigenvalue weighted by atomic mass is 32.2. The van der Waals surface area contributed by atoms with Crippen LogP contribution in [-0.2, 0) is 20.0 Å². The Labute approximate surface area is 107 Å². The number of carboxylic acid groups (broad SMARTS) is 1. The number of hydrogen-bond acceptors (Lipinski definition) is 4. The van der Waals surface area contributed by atoms with E-state index in [2.05, 4.69) is 4.98 Å². The number of pyridine rings is 1. The second-order valence-corrected chi connectivity index (χ2v) is 7.15. The highest BCUT2D eigenvalue weighted by molar-refractivity contribution is 7.91. The lowest BCUT2D eigenvalue weighted by molar-refractivity contribution is -0.136. The van der Waals surface area contributed by atoms with Crippen LogP contribution in [0.25, 0.3) is 0 Å². The van der Waals surface area contributed by atoms with Gasteiger partial charge in [-0.05, 0) is 17.0 Å². The Morgan fingerprint density at radius 3 is 2.33 bits per heavy atom. The van der Waals surface area contributed by atoms with Crippen LogP contribution < -0.4 is 0 Å². The van der Waals surface area contributed by atoms with E-state index >= 15 is 0 Å². The van der Waals surface area contributed by atoms with Gasteiger partial charge in [0.05, 0.1) is 12.2 Å². The molecule has 0 unspecified atom stereocenters. The molecule has 1 rings (SSSR count). The molecule has 0 atom stereocenters. The number of sulfone groups is 1. The third-order valence-corrected chi connectivity index (χ3v) is 4.13. The fraction of sp³-hybridized carbons (Fsp3) is 0.500. The fourth-order valence-electron chi connectivity index (χ4n) is 1.33. The van der Waals surface area contributed by atoms with Crippen LogP contribution in [0.3, 0.4) is 0 Å². The molecule has 0 aliphatic carbocycles. The zero-order valence-electron chi connectivity index (χ0n) is 10.7. The Hall–Kier alpha value is -1.43. The van der Waals surface area contributed by atoms with Gasteiger partial charge >= 0.3 is 5.97 Å². The maximum absolute atomic E-state index is 11.8. The summed E-state index contributed by atoms with van der Waals surface area (Å²) in [4.78, 5) is 14.3. The normalized spacial score (nSPS) is 12.4. The molecule has 0 spiro atoms. The van der Waals surface area contributed by atoms with E-state index < -0.39 is 28.0 Å². The first-order chi connectivity index (χ1) is 8.13. The Morgan fingerprint density at radius 2 is 1.94 bits per heavy atom. The highest BCUT2D eigenvalue weighted by Crippen LogP contribution is 2.22. The lowest BCUT2D eigenvalue weighted by Crippen LogP contribution is -2.15. The topological polar surface area (TPSA) is 84.3 Å². The predicted molar refractivity (Wildman–Crippen MR) is 67.2 cm³/mol. The highest BCUT2D eigenvalue weighted by Gasteiger charge is 2.19. The van der Waals surface area contributed by atoms with Gasteiger partial charge in [-0.2, -0.15) is 0 Å². The first-order valence-corrected chi connectivity index (χ1v) is 7.19. The van der Waals surface area contributed by atoms with Crippen molar-refractivity contribution >= 4 is 15.8 Å². The summed E-state index contributed by atoms with van der Waals surface area (Å²) in [5.74, 6) is -1.56. The molecule has 18 heavy (non-hydrogen) atoms. The van der Waals surface area contributed by atoms with E-state index in [1.54, 1.807) is 6.07 Å². The second kappa shape index (κ2) is 5.06. The molecule has 100 valence electrons. The van der Waals surface area contributed by atoms with Crippen LogP contribution in [-0.4, -0.2) is 30.2 Å². The van der Waals surface area contributed by atoms with Crippen LogP contribution in [0.5, 0.6) is 0 Å². The molecule has 0 amide bonds. The first kappa shape index (κ1) is 14.6. The van der Waals surface area contributed by atoms with Crippen molar-refractivity contribution in [1.82, 2.24) is 4.98 Å². The van der Waals surface area contributed by atoms with Gasteiger partial charge in [-0.3, -0.25) is 4.79 Å². The van der Waals surface area contributed by atoms with Crippen molar-refractivity contribution in [2.75, 3.05) is 5.75 Å². The summed E-state index contributed by atoms with van der Waals surface area (Å²) in [7, 11) is -3.61. The van der Waals surface area contributed by atoms with Gasteiger partial charge in [-0.15, -0.1) is 0 Å². The maximum Gasteiger partial charge on any atom is 0.304 e. The maximum atomic E-state index is 11.8. The third kappa shape index (κ3) is 3.80. The molecule has 1 N–H and O–H groups in total. The summed E-state index contributed by atoms with van der Waals surface area (Å²) in [5.41, 5.74) is 0.829. The van der Waals surface area contributed by atoms with Gasteiger partial charge in [-0.1, -0.05) is 26.8 Å². The van der Waals surface area contributed by atoms with E-state index in [0.29, 0.717) is 0 Å². The first-order valence-electron chi connectivity index (χ1n) is 5.54. The van der Waals surface area contributed by atoms with Crippen LogP contribution in [0.1, 0.15) is 32.8 Å². The van der Waals surface area contributed by atoms with Crippen molar-refractivity contribution in [3.63, 3.8) is 0 Å². The average molecular weight is 271 g/mol. The number of aliphatic carboxylic acids is 1. The Bertz CT molecular complexity index is 526. The molecule has 1 aromatic heterocycles. The zero-order valence-corrected chi connectivity index (χ0v) is 11.5. The largest absolute Gasteiger partial charge is 0.481 e. The van der Waals surface area contributed by atoms with Gasteiger partial charge in [-0.25, -0.2) is 13.4 Å². The summed E-state index contributed by atoms with van der Waals surface area (Å²) < 4.78 is 23.5. The van der Waals surface area contributed by atoms with Crippen LogP contribution >= 0.6 is 0 Å². The predicted octanol–water partition coefficient (Wildman–Crippen LogP) is 1.63. The van der Waals surface area contributed by atoms with Crippen molar-refractivity contribution in [2.24, 2.45) is 0 Å². The number of aromatic nitrogens is 1. The molecule has 0 aromatic carbocycles. The molecule has 0 bridgehead atoms. The smallest absolute Gasteiger partial charge is 0.304 e. The number of carboxylic acids is 1. The van der Waals surface area contributed by atoms with E-state index in [1.165, 1.54) is 12.3 Å². The summed E-state index contributed by atoms with van der Waals surface area (Å²) >= 11 is 0. The summed E-state index contributed by atoms with van der Waals surface area (Å²) in [6.07, 6.45) is 1.11. The Morgan fingerprint density at radius 1 is 1.33 bits per heavy atom. The van der Waals surface area contributed by atoms with E-state index in [9.17, 15) is 13.2 Å². The molecule has 0 saturated heterocycles. The molecular formula is C12H17NO4S. The van der Waals surface area contributed by atoms with E-state index in [1.807, 2.05) is 20.8 Å².